The van der Waals surface area contributed by atoms with Gasteiger partial charge in [0, 0.05) is 9.90 Å². The lowest BCUT2D eigenvalue weighted by atomic mass is 10.1. The highest BCUT2D eigenvalue weighted by Crippen LogP contribution is 2.30. The standard InChI is InChI=1S/C23H20Cl2N4OS/c1-13-15(3)31-23(26-13)20(16-9-11-17(24)12-10-16)27-22(30)19-14(2)28-29(21(19)25)18-7-5-4-6-8-18/h4-12,20H,1-3H3,(H,27,30). The Morgan fingerprint density at radius 1 is 1.00 bits per heavy atom. The van der Waals surface area contributed by atoms with Gasteiger partial charge in [-0.05, 0) is 50.6 Å². The van der Waals surface area contributed by atoms with E-state index in [4.69, 9.17) is 23.2 Å². The summed E-state index contributed by atoms with van der Waals surface area (Å²) in [5.74, 6) is -0.310. The van der Waals surface area contributed by atoms with Gasteiger partial charge in [0.25, 0.3) is 5.91 Å². The number of para-hydroxylation sites is 1. The van der Waals surface area contributed by atoms with Crippen LogP contribution in [0.5, 0.6) is 0 Å². The molecular weight excluding hydrogens is 451 g/mol. The van der Waals surface area contributed by atoms with Crippen molar-refractivity contribution >= 4 is 40.4 Å². The van der Waals surface area contributed by atoms with Crippen LogP contribution in [0.15, 0.2) is 54.6 Å². The summed E-state index contributed by atoms with van der Waals surface area (Å²) in [6.07, 6.45) is 0. The van der Waals surface area contributed by atoms with Crippen molar-refractivity contribution < 1.29 is 4.79 Å². The lowest BCUT2D eigenvalue weighted by Gasteiger charge is -2.17. The van der Waals surface area contributed by atoms with Crippen molar-refractivity contribution in [3.8, 4) is 5.69 Å². The topological polar surface area (TPSA) is 59.8 Å². The molecule has 1 unspecified atom stereocenters. The van der Waals surface area contributed by atoms with Gasteiger partial charge in [-0.15, -0.1) is 11.3 Å². The van der Waals surface area contributed by atoms with Crippen molar-refractivity contribution in [2.45, 2.75) is 26.8 Å². The molecule has 5 nitrogen and oxygen atoms in total. The number of nitrogens with zero attached hydrogens (tertiary/aromatic N) is 3. The van der Waals surface area contributed by atoms with Gasteiger partial charge in [0.05, 0.1) is 22.6 Å². The minimum absolute atomic E-state index is 0.266. The summed E-state index contributed by atoms with van der Waals surface area (Å²) in [6, 6.07) is 16.4. The molecule has 0 radical (unpaired) electrons. The molecule has 0 aliphatic rings. The van der Waals surface area contributed by atoms with E-state index in [2.05, 4.69) is 15.4 Å². The first kappa shape index (κ1) is 21.6. The molecule has 0 spiro atoms. The van der Waals surface area contributed by atoms with Crippen LogP contribution in [0.3, 0.4) is 0 Å². The van der Waals surface area contributed by atoms with Gasteiger partial charge in [0.15, 0.2) is 0 Å². The lowest BCUT2D eigenvalue weighted by Crippen LogP contribution is -2.29. The molecule has 0 aliphatic heterocycles. The van der Waals surface area contributed by atoms with Crippen LogP contribution in [0.2, 0.25) is 10.2 Å². The second kappa shape index (κ2) is 8.83. The minimum atomic E-state index is -0.433. The van der Waals surface area contributed by atoms with Gasteiger partial charge < -0.3 is 5.32 Å². The second-order valence-electron chi connectivity index (χ2n) is 7.15. The van der Waals surface area contributed by atoms with Gasteiger partial charge in [-0.3, -0.25) is 4.79 Å². The second-order valence-corrected chi connectivity index (χ2v) is 9.18. The van der Waals surface area contributed by atoms with Crippen LogP contribution >= 0.6 is 34.5 Å². The number of hydrogen-bond acceptors (Lipinski definition) is 4. The molecule has 8 heteroatoms. The van der Waals surface area contributed by atoms with Crippen LogP contribution < -0.4 is 5.32 Å². The molecule has 2 heterocycles. The van der Waals surface area contributed by atoms with E-state index in [9.17, 15) is 4.79 Å². The van der Waals surface area contributed by atoms with Crippen molar-refractivity contribution in [1.82, 2.24) is 20.1 Å². The summed E-state index contributed by atoms with van der Waals surface area (Å²) in [4.78, 5) is 19.1. The number of carbonyl (C=O) groups excluding carboxylic acids is 1. The van der Waals surface area contributed by atoms with E-state index in [0.717, 1.165) is 26.8 Å². The Hall–Kier alpha value is -2.67. The number of halogens is 2. The third-order valence-electron chi connectivity index (χ3n) is 5.00. The predicted octanol–water partition coefficient (Wildman–Crippen LogP) is 6.08. The number of hydrogen-bond donors (Lipinski definition) is 1. The molecule has 2 aromatic heterocycles. The van der Waals surface area contributed by atoms with E-state index in [1.807, 2.05) is 56.3 Å². The maximum Gasteiger partial charge on any atom is 0.257 e. The number of carbonyl (C=O) groups is 1. The normalized spacial score (nSPS) is 12.0. The highest BCUT2D eigenvalue weighted by molar-refractivity contribution is 7.11. The molecule has 4 rings (SSSR count). The third-order valence-corrected chi connectivity index (χ3v) is 6.74. The number of thiazole rings is 1. The Balaban J connectivity index is 1.71. The van der Waals surface area contributed by atoms with E-state index in [1.54, 1.807) is 35.1 Å². The van der Waals surface area contributed by atoms with Gasteiger partial charge in [-0.25, -0.2) is 9.67 Å². The maximum atomic E-state index is 13.3. The average Bonchev–Trinajstić information content (AvgIpc) is 3.25. The van der Waals surface area contributed by atoms with Crippen molar-refractivity contribution in [3.63, 3.8) is 0 Å². The zero-order valence-electron chi connectivity index (χ0n) is 17.2. The molecule has 1 amide bonds. The molecule has 0 saturated carbocycles. The predicted molar refractivity (Wildman–Crippen MR) is 126 cm³/mol. The smallest absolute Gasteiger partial charge is 0.257 e. The van der Waals surface area contributed by atoms with E-state index in [-0.39, 0.29) is 11.1 Å². The molecule has 1 N–H and O–H groups in total. The quantitative estimate of drug-likeness (QED) is 0.384. The lowest BCUT2D eigenvalue weighted by molar-refractivity contribution is 0.0942. The number of amides is 1. The Labute approximate surface area is 194 Å². The van der Waals surface area contributed by atoms with Gasteiger partial charge in [0.2, 0.25) is 0 Å². The zero-order chi connectivity index (χ0) is 22.1. The Morgan fingerprint density at radius 2 is 1.68 bits per heavy atom. The zero-order valence-corrected chi connectivity index (χ0v) is 19.5. The van der Waals surface area contributed by atoms with Crippen LogP contribution in [-0.2, 0) is 0 Å². The Morgan fingerprint density at radius 3 is 2.29 bits per heavy atom. The number of aryl methyl sites for hydroxylation is 3. The summed E-state index contributed by atoms with van der Waals surface area (Å²) in [5, 5.41) is 9.27. The number of aromatic nitrogens is 3. The van der Waals surface area contributed by atoms with Gasteiger partial charge in [-0.1, -0.05) is 53.5 Å². The minimum Gasteiger partial charge on any atom is -0.339 e. The van der Waals surface area contributed by atoms with Crippen LogP contribution in [0.1, 0.15) is 43.2 Å². The molecule has 31 heavy (non-hydrogen) atoms. The van der Waals surface area contributed by atoms with Gasteiger partial charge in [-0.2, -0.15) is 5.10 Å². The van der Waals surface area contributed by atoms with Crippen LogP contribution in [0.4, 0.5) is 0 Å². The summed E-state index contributed by atoms with van der Waals surface area (Å²) >= 11 is 14.2. The van der Waals surface area contributed by atoms with Crippen molar-refractivity contribution in [2.24, 2.45) is 0 Å². The van der Waals surface area contributed by atoms with Crippen LogP contribution in [0, 0.1) is 20.8 Å². The van der Waals surface area contributed by atoms with E-state index < -0.39 is 6.04 Å². The Kier molecular flexibility index (Phi) is 6.14. The molecule has 4 aromatic rings. The summed E-state index contributed by atoms with van der Waals surface area (Å²) in [7, 11) is 0. The van der Waals surface area contributed by atoms with Crippen molar-refractivity contribution in [2.75, 3.05) is 0 Å². The fourth-order valence-electron chi connectivity index (χ4n) is 3.26. The SMILES string of the molecule is Cc1nc(C(NC(=O)c2c(C)nn(-c3ccccc3)c2Cl)c2ccc(Cl)cc2)sc1C. The van der Waals surface area contributed by atoms with Gasteiger partial charge >= 0.3 is 0 Å². The average molecular weight is 471 g/mol. The number of nitrogens with one attached hydrogen (secondary N) is 1. The van der Waals surface area contributed by atoms with E-state index in [0.29, 0.717) is 16.3 Å². The summed E-state index contributed by atoms with van der Waals surface area (Å²) in [5.41, 5.74) is 3.51. The monoisotopic (exact) mass is 470 g/mol. The summed E-state index contributed by atoms with van der Waals surface area (Å²) in [6.45, 7) is 5.75. The molecule has 0 aliphatic carbocycles. The van der Waals surface area contributed by atoms with E-state index in [1.165, 1.54) is 0 Å². The first-order chi connectivity index (χ1) is 14.8. The number of benzene rings is 2. The number of rotatable bonds is 5. The van der Waals surface area contributed by atoms with Crippen LogP contribution in [-0.4, -0.2) is 20.7 Å². The van der Waals surface area contributed by atoms with Crippen LogP contribution in [0.25, 0.3) is 5.69 Å². The first-order valence-corrected chi connectivity index (χ1v) is 11.2. The first-order valence-electron chi connectivity index (χ1n) is 9.66. The van der Waals surface area contributed by atoms with Crippen molar-refractivity contribution in [1.29, 1.82) is 0 Å². The fraction of sp³-hybridized carbons (Fsp3) is 0.174. The van der Waals surface area contributed by atoms with Gasteiger partial charge in [0.1, 0.15) is 16.2 Å². The third kappa shape index (κ3) is 4.37. The molecular formula is C23H20Cl2N4OS. The van der Waals surface area contributed by atoms with E-state index >= 15 is 0 Å². The Bertz CT molecular complexity index is 1210. The highest BCUT2D eigenvalue weighted by Gasteiger charge is 2.26. The largest absolute Gasteiger partial charge is 0.339 e. The van der Waals surface area contributed by atoms with Crippen molar-refractivity contribution in [3.05, 3.63) is 97.2 Å². The maximum absolute atomic E-state index is 13.3. The molecule has 0 fully saturated rings. The highest BCUT2D eigenvalue weighted by atomic mass is 35.5. The molecule has 1 atom stereocenters. The molecule has 0 saturated heterocycles. The fourth-order valence-corrected chi connectivity index (χ4v) is 4.75. The molecule has 0 bridgehead atoms. The summed E-state index contributed by atoms with van der Waals surface area (Å²) < 4.78 is 1.57. The molecule has 2 aromatic carbocycles. The molecule has 158 valence electrons.